The second-order valence-electron chi connectivity index (χ2n) is 4.40. The summed E-state index contributed by atoms with van der Waals surface area (Å²) in [5.74, 6) is 0.656. The van der Waals surface area contributed by atoms with Crippen LogP contribution in [-0.4, -0.2) is 29.2 Å². The van der Waals surface area contributed by atoms with Crippen LogP contribution in [-0.2, 0) is 4.74 Å². The number of hydrogen-bond acceptors (Lipinski definition) is 4. The number of hydrogen-bond donors (Lipinski definition) is 1. The maximum atomic E-state index is 6.04. The van der Waals surface area contributed by atoms with Gasteiger partial charge in [0.1, 0.15) is 0 Å². The van der Waals surface area contributed by atoms with Gasteiger partial charge in [0.25, 0.3) is 0 Å². The molecule has 0 saturated carbocycles. The summed E-state index contributed by atoms with van der Waals surface area (Å²) in [6.45, 7) is 5.44. The molecular weight excluding hydrogens is 238 g/mol. The first-order chi connectivity index (χ1) is 8.16. The van der Waals surface area contributed by atoms with Crippen molar-refractivity contribution in [3.63, 3.8) is 0 Å². The Hall–Kier alpha value is -0.870. The zero-order valence-corrected chi connectivity index (χ0v) is 11.0. The zero-order chi connectivity index (χ0) is 12.3. The van der Waals surface area contributed by atoms with Crippen LogP contribution < -0.4 is 5.32 Å². The number of halogens is 1. The molecule has 1 aromatic rings. The Morgan fingerprint density at radius 2 is 2.06 bits per heavy atom. The van der Waals surface area contributed by atoms with Crippen molar-refractivity contribution in [1.29, 1.82) is 0 Å². The lowest BCUT2D eigenvalue weighted by Crippen LogP contribution is -2.27. The van der Waals surface area contributed by atoms with Crippen LogP contribution in [0.15, 0.2) is 0 Å². The van der Waals surface area contributed by atoms with E-state index in [-0.39, 0.29) is 6.10 Å². The third-order valence-corrected chi connectivity index (χ3v) is 3.30. The summed E-state index contributed by atoms with van der Waals surface area (Å²) >= 11 is 6.04. The third-order valence-electron chi connectivity index (χ3n) is 3.04. The van der Waals surface area contributed by atoms with E-state index in [0.29, 0.717) is 11.0 Å². The van der Waals surface area contributed by atoms with Gasteiger partial charge in [-0.15, -0.1) is 0 Å². The van der Waals surface area contributed by atoms with Crippen LogP contribution in [0.4, 0.5) is 5.82 Å². The van der Waals surface area contributed by atoms with Gasteiger partial charge in [-0.1, -0.05) is 11.6 Å². The Kier molecular flexibility index (Phi) is 4.18. The van der Waals surface area contributed by atoms with Gasteiger partial charge in [-0.2, -0.15) is 0 Å². The van der Waals surface area contributed by atoms with Gasteiger partial charge in [-0.3, -0.25) is 0 Å². The second kappa shape index (κ2) is 5.65. The molecule has 0 aromatic carbocycles. The molecule has 2 rings (SSSR count). The molecule has 1 saturated heterocycles. The van der Waals surface area contributed by atoms with Gasteiger partial charge in [-0.25, -0.2) is 9.97 Å². The summed E-state index contributed by atoms with van der Waals surface area (Å²) in [6.07, 6.45) is 3.77. The third kappa shape index (κ3) is 3.30. The fraction of sp³-hybridized carbons (Fsp3) is 0.667. The van der Waals surface area contributed by atoms with Gasteiger partial charge < -0.3 is 10.1 Å². The van der Waals surface area contributed by atoms with E-state index in [9.17, 15) is 0 Å². The monoisotopic (exact) mass is 255 g/mol. The van der Waals surface area contributed by atoms with Crippen LogP contribution in [0.2, 0.25) is 5.15 Å². The van der Waals surface area contributed by atoms with Gasteiger partial charge in [-0.05, 0) is 33.1 Å². The molecule has 1 aromatic heterocycles. The predicted molar refractivity (Wildman–Crippen MR) is 68.6 cm³/mol. The minimum atomic E-state index is 0.267. The fourth-order valence-electron chi connectivity index (χ4n) is 1.87. The standard InChI is InChI=1S/C12H18ClN3O/c1-8-9(2)16-12(11(13)15-8)14-7-10-5-3-4-6-17-10/h10H,3-7H2,1-2H3,(H,14,16). The number of aromatic nitrogens is 2. The maximum absolute atomic E-state index is 6.04. The van der Waals surface area contributed by atoms with E-state index >= 15 is 0 Å². The summed E-state index contributed by atoms with van der Waals surface area (Å²) in [7, 11) is 0. The molecule has 1 aliphatic rings. The van der Waals surface area contributed by atoms with Crippen molar-refractivity contribution < 1.29 is 4.74 Å². The molecule has 0 bridgehead atoms. The van der Waals surface area contributed by atoms with E-state index in [0.717, 1.165) is 31.0 Å². The lowest BCUT2D eigenvalue weighted by atomic mass is 10.1. The van der Waals surface area contributed by atoms with Crippen LogP contribution in [0.5, 0.6) is 0 Å². The minimum Gasteiger partial charge on any atom is -0.376 e. The van der Waals surface area contributed by atoms with E-state index < -0.39 is 0 Å². The number of nitrogens with zero attached hydrogens (tertiary/aromatic N) is 2. The van der Waals surface area contributed by atoms with Crippen molar-refractivity contribution >= 4 is 17.4 Å². The molecule has 5 heteroatoms. The van der Waals surface area contributed by atoms with Crippen molar-refractivity contribution in [1.82, 2.24) is 9.97 Å². The van der Waals surface area contributed by atoms with Crippen molar-refractivity contribution in [3.8, 4) is 0 Å². The van der Waals surface area contributed by atoms with Crippen molar-refractivity contribution in [3.05, 3.63) is 16.5 Å². The number of anilines is 1. The normalized spacial score (nSPS) is 20.3. The van der Waals surface area contributed by atoms with Crippen LogP contribution in [0.1, 0.15) is 30.7 Å². The molecule has 94 valence electrons. The lowest BCUT2D eigenvalue weighted by Gasteiger charge is -2.23. The number of rotatable bonds is 3. The van der Waals surface area contributed by atoms with Crippen molar-refractivity contribution in [2.45, 2.75) is 39.2 Å². The van der Waals surface area contributed by atoms with Crippen LogP contribution in [0.25, 0.3) is 0 Å². The van der Waals surface area contributed by atoms with Gasteiger partial charge in [0.2, 0.25) is 0 Å². The van der Waals surface area contributed by atoms with E-state index in [1.54, 1.807) is 0 Å². The van der Waals surface area contributed by atoms with Crippen LogP contribution in [0, 0.1) is 13.8 Å². The number of aryl methyl sites for hydroxylation is 2. The lowest BCUT2D eigenvalue weighted by molar-refractivity contribution is 0.0247. The molecule has 1 atom stereocenters. The summed E-state index contributed by atoms with van der Waals surface area (Å²) in [6, 6.07) is 0. The van der Waals surface area contributed by atoms with E-state index in [2.05, 4.69) is 15.3 Å². The molecule has 0 amide bonds. The summed E-state index contributed by atoms with van der Waals surface area (Å²) in [5, 5.41) is 3.65. The fourth-order valence-corrected chi connectivity index (χ4v) is 2.10. The first-order valence-corrected chi connectivity index (χ1v) is 6.41. The summed E-state index contributed by atoms with van der Waals surface area (Å²) < 4.78 is 5.64. The molecule has 1 aliphatic heterocycles. The Bertz CT molecular complexity index is 392. The minimum absolute atomic E-state index is 0.267. The van der Waals surface area contributed by atoms with Gasteiger partial charge >= 0.3 is 0 Å². The van der Waals surface area contributed by atoms with Gasteiger partial charge in [0.15, 0.2) is 11.0 Å². The van der Waals surface area contributed by atoms with E-state index in [4.69, 9.17) is 16.3 Å². The second-order valence-corrected chi connectivity index (χ2v) is 4.76. The van der Waals surface area contributed by atoms with Gasteiger partial charge in [0, 0.05) is 13.2 Å². The first kappa shape index (κ1) is 12.6. The topological polar surface area (TPSA) is 47.0 Å². The molecule has 4 nitrogen and oxygen atoms in total. The maximum Gasteiger partial charge on any atom is 0.171 e. The highest BCUT2D eigenvalue weighted by Gasteiger charge is 2.15. The Morgan fingerprint density at radius 1 is 1.29 bits per heavy atom. The first-order valence-electron chi connectivity index (χ1n) is 6.03. The highest BCUT2D eigenvalue weighted by atomic mass is 35.5. The number of nitrogens with one attached hydrogen (secondary N) is 1. The highest BCUT2D eigenvalue weighted by molar-refractivity contribution is 6.31. The predicted octanol–water partition coefficient (Wildman–Crippen LogP) is 2.73. The van der Waals surface area contributed by atoms with Crippen molar-refractivity contribution in [2.24, 2.45) is 0 Å². The molecule has 0 aliphatic carbocycles. The molecule has 2 heterocycles. The molecule has 1 unspecified atom stereocenters. The average molecular weight is 256 g/mol. The molecule has 17 heavy (non-hydrogen) atoms. The summed E-state index contributed by atoms with van der Waals surface area (Å²) in [5.41, 5.74) is 1.77. The van der Waals surface area contributed by atoms with Crippen LogP contribution in [0.3, 0.4) is 0 Å². The quantitative estimate of drug-likeness (QED) is 0.902. The van der Waals surface area contributed by atoms with E-state index in [1.165, 1.54) is 12.8 Å². The summed E-state index contributed by atoms with van der Waals surface area (Å²) in [4.78, 5) is 8.63. The molecule has 1 N–H and O–H groups in total. The van der Waals surface area contributed by atoms with Crippen molar-refractivity contribution in [2.75, 3.05) is 18.5 Å². The number of ether oxygens (including phenoxy) is 1. The van der Waals surface area contributed by atoms with Gasteiger partial charge in [0.05, 0.1) is 17.5 Å². The molecule has 0 radical (unpaired) electrons. The van der Waals surface area contributed by atoms with Crippen LogP contribution >= 0.6 is 11.6 Å². The molecule has 1 fully saturated rings. The average Bonchev–Trinajstić information content (AvgIpc) is 2.33. The zero-order valence-electron chi connectivity index (χ0n) is 10.3. The SMILES string of the molecule is Cc1nc(Cl)c(NCC2CCCCO2)nc1C. The van der Waals surface area contributed by atoms with E-state index in [1.807, 2.05) is 13.8 Å². The smallest absolute Gasteiger partial charge is 0.171 e. The Balaban J connectivity index is 1.96. The molecule has 0 spiro atoms. The largest absolute Gasteiger partial charge is 0.376 e. The Labute approximate surface area is 107 Å². The highest BCUT2D eigenvalue weighted by Crippen LogP contribution is 2.19. The molecular formula is C12H18ClN3O. The Morgan fingerprint density at radius 3 is 2.76 bits per heavy atom.